The number of hydrogen-bond acceptors (Lipinski definition) is 3. The van der Waals surface area contributed by atoms with E-state index in [0.29, 0.717) is 0 Å². The first kappa shape index (κ1) is 14.0. The zero-order chi connectivity index (χ0) is 12.8. The number of hydrogen-bond donors (Lipinski definition) is 1. The van der Waals surface area contributed by atoms with E-state index in [-0.39, 0.29) is 12.1 Å². The molecule has 0 bridgehead atoms. The van der Waals surface area contributed by atoms with Gasteiger partial charge in [0.25, 0.3) is 0 Å². The van der Waals surface area contributed by atoms with E-state index in [4.69, 9.17) is 10.5 Å². The third kappa shape index (κ3) is 3.45. The number of ether oxygens (including phenoxy) is 1. The minimum atomic E-state index is 0.145. The smallest absolute Gasteiger partial charge is 0.119 e. The van der Waals surface area contributed by atoms with Crippen LogP contribution >= 0.6 is 0 Å². The van der Waals surface area contributed by atoms with Crippen molar-refractivity contribution in [1.82, 2.24) is 4.90 Å². The highest BCUT2D eigenvalue weighted by atomic mass is 16.5. The summed E-state index contributed by atoms with van der Waals surface area (Å²) in [4.78, 5) is 2.28. The van der Waals surface area contributed by atoms with Crippen LogP contribution in [0.1, 0.15) is 31.9 Å². The molecule has 0 aromatic heterocycles. The van der Waals surface area contributed by atoms with Crippen molar-refractivity contribution in [1.29, 1.82) is 0 Å². The van der Waals surface area contributed by atoms with Gasteiger partial charge in [0.1, 0.15) is 5.75 Å². The van der Waals surface area contributed by atoms with Gasteiger partial charge < -0.3 is 10.5 Å². The van der Waals surface area contributed by atoms with E-state index in [1.165, 1.54) is 5.56 Å². The molecule has 17 heavy (non-hydrogen) atoms. The zero-order valence-electron chi connectivity index (χ0n) is 11.3. The second-order valence-corrected chi connectivity index (χ2v) is 4.37. The van der Waals surface area contributed by atoms with Gasteiger partial charge in [0.05, 0.1) is 7.11 Å². The van der Waals surface area contributed by atoms with Crippen LogP contribution in [0.4, 0.5) is 0 Å². The molecule has 0 heterocycles. The largest absolute Gasteiger partial charge is 0.497 e. The van der Waals surface area contributed by atoms with Crippen molar-refractivity contribution in [3.63, 3.8) is 0 Å². The van der Waals surface area contributed by atoms with E-state index in [1.54, 1.807) is 7.11 Å². The number of rotatable bonds is 6. The van der Waals surface area contributed by atoms with Gasteiger partial charge in [0.2, 0.25) is 0 Å². The predicted molar refractivity (Wildman–Crippen MR) is 72.3 cm³/mol. The second-order valence-electron chi connectivity index (χ2n) is 4.37. The molecule has 1 aromatic rings. The Labute approximate surface area is 105 Å². The number of methoxy groups -OCH3 is 1. The fraction of sp³-hybridized carbons (Fsp3) is 0.571. The van der Waals surface area contributed by atoms with Crippen LogP contribution in [0.15, 0.2) is 24.3 Å². The van der Waals surface area contributed by atoms with Crippen LogP contribution in [-0.4, -0.2) is 31.6 Å². The molecule has 2 unspecified atom stereocenters. The molecule has 0 spiro atoms. The Kier molecular flexibility index (Phi) is 5.45. The van der Waals surface area contributed by atoms with Crippen molar-refractivity contribution in [3.05, 3.63) is 29.8 Å². The molecule has 3 nitrogen and oxygen atoms in total. The Morgan fingerprint density at radius 3 is 2.59 bits per heavy atom. The van der Waals surface area contributed by atoms with Gasteiger partial charge in [-0.05, 0) is 37.7 Å². The van der Waals surface area contributed by atoms with Gasteiger partial charge in [-0.3, -0.25) is 4.90 Å². The van der Waals surface area contributed by atoms with Crippen LogP contribution in [0.25, 0.3) is 0 Å². The fourth-order valence-corrected chi connectivity index (χ4v) is 2.07. The third-order valence-electron chi connectivity index (χ3n) is 3.29. The first-order chi connectivity index (χ1) is 8.13. The Morgan fingerprint density at radius 1 is 1.35 bits per heavy atom. The molecule has 96 valence electrons. The Balaban J connectivity index is 3.03. The molecule has 2 atom stereocenters. The van der Waals surface area contributed by atoms with Crippen molar-refractivity contribution in [2.24, 2.45) is 5.73 Å². The molecule has 0 saturated carbocycles. The first-order valence-electron chi connectivity index (χ1n) is 6.23. The summed E-state index contributed by atoms with van der Waals surface area (Å²) in [6.45, 7) is 5.26. The highest BCUT2D eigenvalue weighted by Crippen LogP contribution is 2.26. The average Bonchev–Trinajstić information content (AvgIpc) is 2.38. The summed E-state index contributed by atoms with van der Waals surface area (Å²) in [6, 6.07) is 8.57. The summed E-state index contributed by atoms with van der Waals surface area (Å²) in [5, 5.41) is 0. The highest BCUT2D eigenvalue weighted by molar-refractivity contribution is 5.31. The molecule has 0 aliphatic carbocycles. The maximum Gasteiger partial charge on any atom is 0.119 e. The van der Waals surface area contributed by atoms with Gasteiger partial charge in [-0.15, -0.1) is 0 Å². The van der Waals surface area contributed by atoms with Crippen molar-refractivity contribution in [2.45, 2.75) is 32.4 Å². The van der Waals surface area contributed by atoms with Crippen molar-refractivity contribution in [3.8, 4) is 5.75 Å². The van der Waals surface area contributed by atoms with Crippen LogP contribution in [0.3, 0.4) is 0 Å². The summed E-state index contributed by atoms with van der Waals surface area (Å²) >= 11 is 0. The minimum absolute atomic E-state index is 0.145. The van der Waals surface area contributed by atoms with Crippen molar-refractivity contribution < 1.29 is 4.74 Å². The van der Waals surface area contributed by atoms with Crippen molar-refractivity contribution in [2.75, 3.05) is 20.7 Å². The van der Waals surface area contributed by atoms with Crippen LogP contribution in [0.5, 0.6) is 5.75 Å². The lowest BCUT2D eigenvalue weighted by Crippen LogP contribution is -2.38. The minimum Gasteiger partial charge on any atom is -0.497 e. The third-order valence-corrected chi connectivity index (χ3v) is 3.29. The maximum absolute atomic E-state index is 6.23. The molecule has 0 aliphatic rings. The number of nitrogens with two attached hydrogens (primary N) is 1. The molecule has 2 N–H and O–H groups in total. The topological polar surface area (TPSA) is 38.5 Å². The van der Waals surface area contributed by atoms with Gasteiger partial charge in [-0.25, -0.2) is 0 Å². The van der Waals surface area contributed by atoms with E-state index in [0.717, 1.165) is 18.7 Å². The van der Waals surface area contributed by atoms with Crippen LogP contribution in [0.2, 0.25) is 0 Å². The summed E-state index contributed by atoms with van der Waals surface area (Å²) in [5.41, 5.74) is 7.46. The van der Waals surface area contributed by atoms with E-state index < -0.39 is 0 Å². The van der Waals surface area contributed by atoms with Gasteiger partial charge >= 0.3 is 0 Å². The summed E-state index contributed by atoms with van der Waals surface area (Å²) < 4.78 is 5.27. The van der Waals surface area contributed by atoms with Crippen LogP contribution in [-0.2, 0) is 0 Å². The molecule has 0 aliphatic heterocycles. The van der Waals surface area contributed by atoms with E-state index in [1.807, 2.05) is 12.1 Å². The lowest BCUT2D eigenvalue weighted by molar-refractivity contribution is 0.219. The number of nitrogens with zero attached hydrogens (tertiary/aromatic N) is 1. The Hall–Kier alpha value is -1.06. The molecular formula is C14H24N2O. The summed E-state index contributed by atoms with van der Waals surface area (Å²) in [7, 11) is 3.80. The highest BCUT2D eigenvalue weighted by Gasteiger charge is 2.22. The SMILES string of the molecule is CCC(N)C(c1cccc(OC)c1)N(C)CC. The number of benzene rings is 1. The zero-order valence-corrected chi connectivity index (χ0v) is 11.3. The van der Waals surface area contributed by atoms with Gasteiger partial charge in [0, 0.05) is 12.1 Å². The number of likely N-dealkylation sites (N-methyl/N-ethyl adjacent to an activating group) is 1. The monoisotopic (exact) mass is 236 g/mol. The van der Waals surface area contributed by atoms with Crippen LogP contribution < -0.4 is 10.5 Å². The average molecular weight is 236 g/mol. The summed E-state index contributed by atoms with van der Waals surface area (Å²) in [6.07, 6.45) is 0.965. The van der Waals surface area contributed by atoms with Gasteiger partial charge in [0.15, 0.2) is 0 Å². The van der Waals surface area contributed by atoms with Crippen LogP contribution in [0, 0.1) is 0 Å². The van der Waals surface area contributed by atoms with E-state index >= 15 is 0 Å². The van der Waals surface area contributed by atoms with Gasteiger partial charge in [-0.2, -0.15) is 0 Å². The van der Waals surface area contributed by atoms with Gasteiger partial charge in [-0.1, -0.05) is 26.0 Å². The standard InChI is InChI=1S/C14H24N2O/c1-5-13(15)14(16(3)6-2)11-8-7-9-12(10-11)17-4/h7-10,13-14H,5-6,15H2,1-4H3. The molecule has 1 aromatic carbocycles. The fourth-order valence-electron chi connectivity index (χ4n) is 2.07. The maximum atomic E-state index is 6.23. The molecule has 3 heteroatoms. The quantitative estimate of drug-likeness (QED) is 0.824. The predicted octanol–water partition coefficient (Wildman–Crippen LogP) is 2.43. The molecule has 0 saturated heterocycles. The first-order valence-corrected chi connectivity index (χ1v) is 6.23. The Bertz CT molecular complexity index is 331. The summed E-state index contributed by atoms with van der Waals surface area (Å²) in [5.74, 6) is 0.889. The molecular weight excluding hydrogens is 212 g/mol. The lowest BCUT2D eigenvalue weighted by atomic mass is 9.96. The van der Waals surface area contributed by atoms with E-state index in [2.05, 4.69) is 37.9 Å². The Morgan fingerprint density at radius 2 is 2.06 bits per heavy atom. The molecule has 0 fully saturated rings. The lowest BCUT2D eigenvalue weighted by Gasteiger charge is -2.32. The molecule has 1 rings (SSSR count). The van der Waals surface area contributed by atoms with E-state index in [9.17, 15) is 0 Å². The van der Waals surface area contributed by atoms with Crippen molar-refractivity contribution >= 4 is 0 Å². The normalized spacial score (nSPS) is 14.7. The molecule has 0 radical (unpaired) electrons. The second kappa shape index (κ2) is 6.62. The molecule has 0 amide bonds.